The number of carbonyl (C=O) groups is 1. The molecule has 1 N–H and O–H groups in total. The molecule has 2 aromatic heterocycles. The van der Waals surface area contributed by atoms with Crippen molar-refractivity contribution in [3.05, 3.63) is 40.3 Å². The highest BCUT2D eigenvalue weighted by Crippen LogP contribution is 2.32. The highest BCUT2D eigenvalue weighted by molar-refractivity contribution is 7.09. The number of amides is 1. The lowest BCUT2D eigenvalue weighted by molar-refractivity contribution is -0.122. The van der Waals surface area contributed by atoms with E-state index in [1.54, 1.807) is 11.3 Å². The van der Waals surface area contributed by atoms with Gasteiger partial charge in [-0.1, -0.05) is 6.07 Å². The van der Waals surface area contributed by atoms with Crippen LogP contribution in [0.25, 0.3) is 0 Å². The number of thiophene rings is 1. The van der Waals surface area contributed by atoms with E-state index < -0.39 is 0 Å². The standard InChI is InChI=1S/C17H22N4OS/c22-17(18-9-16-2-1-7-23-16)8-15-12-20(10-13-3-4-13)11-14-5-6-19-21(14)15/h1-2,5-7,13,15H,3-4,8-12H2,(H,18,22)/t15-/m1/s1. The lowest BCUT2D eigenvalue weighted by Gasteiger charge is -2.33. The van der Waals surface area contributed by atoms with Gasteiger partial charge < -0.3 is 5.32 Å². The summed E-state index contributed by atoms with van der Waals surface area (Å²) in [6.07, 6.45) is 5.08. The summed E-state index contributed by atoms with van der Waals surface area (Å²) in [4.78, 5) is 16.0. The Balaban J connectivity index is 1.37. The molecule has 0 spiro atoms. The van der Waals surface area contributed by atoms with Crippen LogP contribution in [0, 0.1) is 5.92 Å². The summed E-state index contributed by atoms with van der Waals surface area (Å²) >= 11 is 1.67. The van der Waals surface area contributed by atoms with E-state index in [0.717, 1.165) is 19.0 Å². The Kier molecular flexibility index (Phi) is 4.18. The third-order valence-electron chi connectivity index (χ3n) is 4.63. The number of rotatable bonds is 6. The molecule has 1 fully saturated rings. The fourth-order valence-corrected chi connectivity index (χ4v) is 3.95. The van der Waals surface area contributed by atoms with Gasteiger partial charge in [-0.3, -0.25) is 14.4 Å². The minimum Gasteiger partial charge on any atom is -0.351 e. The number of carbonyl (C=O) groups excluding carboxylic acids is 1. The molecule has 2 aromatic rings. The van der Waals surface area contributed by atoms with Crippen LogP contribution in [-0.2, 0) is 17.9 Å². The summed E-state index contributed by atoms with van der Waals surface area (Å²) in [6.45, 7) is 3.68. The molecule has 0 saturated heterocycles. The van der Waals surface area contributed by atoms with Gasteiger partial charge in [0.05, 0.1) is 24.7 Å². The maximum Gasteiger partial charge on any atom is 0.222 e. The van der Waals surface area contributed by atoms with Gasteiger partial charge in [-0.25, -0.2) is 0 Å². The van der Waals surface area contributed by atoms with Crippen LogP contribution in [0.4, 0.5) is 0 Å². The molecule has 4 rings (SSSR count). The quantitative estimate of drug-likeness (QED) is 0.885. The van der Waals surface area contributed by atoms with Crippen LogP contribution in [0.5, 0.6) is 0 Å². The normalized spacial score (nSPS) is 21.1. The van der Waals surface area contributed by atoms with Gasteiger partial charge in [0, 0.05) is 30.7 Å². The Labute approximate surface area is 140 Å². The monoisotopic (exact) mass is 330 g/mol. The third kappa shape index (κ3) is 3.64. The van der Waals surface area contributed by atoms with Crippen LogP contribution in [0.15, 0.2) is 29.8 Å². The molecule has 1 amide bonds. The van der Waals surface area contributed by atoms with Crippen molar-refractivity contribution in [2.24, 2.45) is 5.92 Å². The predicted molar refractivity (Wildman–Crippen MR) is 90.0 cm³/mol. The van der Waals surface area contributed by atoms with Crippen molar-refractivity contribution in [1.29, 1.82) is 0 Å². The van der Waals surface area contributed by atoms with Crippen LogP contribution < -0.4 is 5.32 Å². The van der Waals surface area contributed by atoms with Crippen molar-refractivity contribution >= 4 is 17.2 Å². The number of nitrogens with one attached hydrogen (secondary N) is 1. The third-order valence-corrected chi connectivity index (χ3v) is 5.50. The summed E-state index contributed by atoms with van der Waals surface area (Å²) in [5, 5.41) is 9.51. The maximum absolute atomic E-state index is 12.3. The largest absolute Gasteiger partial charge is 0.351 e. The minimum atomic E-state index is 0.109. The predicted octanol–water partition coefficient (Wildman–Crippen LogP) is 2.42. The Hall–Kier alpha value is -1.66. The van der Waals surface area contributed by atoms with E-state index >= 15 is 0 Å². The van der Waals surface area contributed by atoms with Crippen molar-refractivity contribution in [2.45, 2.75) is 38.4 Å². The molecule has 0 bridgehead atoms. The molecule has 0 radical (unpaired) electrons. The van der Waals surface area contributed by atoms with Gasteiger partial charge in [-0.15, -0.1) is 11.3 Å². The summed E-state index contributed by atoms with van der Waals surface area (Å²) in [7, 11) is 0. The Bertz CT molecular complexity index is 662. The first-order valence-electron chi connectivity index (χ1n) is 8.32. The van der Waals surface area contributed by atoms with Crippen molar-refractivity contribution in [3.63, 3.8) is 0 Å². The number of fused-ring (bicyclic) bond motifs is 1. The molecule has 3 heterocycles. The molecule has 5 nitrogen and oxygen atoms in total. The fraction of sp³-hybridized carbons (Fsp3) is 0.529. The lowest BCUT2D eigenvalue weighted by Crippen LogP contribution is -2.40. The van der Waals surface area contributed by atoms with Crippen LogP contribution in [0.2, 0.25) is 0 Å². The van der Waals surface area contributed by atoms with E-state index in [2.05, 4.69) is 27.4 Å². The Morgan fingerprint density at radius 2 is 2.30 bits per heavy atom. The van der Waals surface area contributed by atoms with Crippen LogP contribution in [0.1, 0.15) is 35.9 Å². The summed E-state index contributed by atoms with van der Waals surface area (Å²) < 4.78 is 2.05. The SMILES string of the molecule is O=C(C[C@@H]1CN(CC2CC2)Cc2ccnn21)NCc1cccs1. The molecule has 0 unspecified atom stereocenters. The van der Waals surface area contributed by atoms with Crippen LogP contribution in [0.3, 0.4) is 0 Å². The molecule has 1 aliphatic carbocycles. The van der Waals surface area contributed by atoms with E-state index in [-0.39, 0.29) is 11.9 Å². The Morgan fingerprint density at radius 3 is 3.09 bits per heavy atom. The van der Waals surface area contributed by atoms with Gasteiger partial charge in [0.15, 0.2) is 0 Å². The van der Waals surface area contributed by atoms with Gasteiger partial charge in [-0.05, 0) is 36.3 Å². The van der Waals surface area contributed by atoms with E-state index in [1.807, 2.05) is 22.3 Å². The van der Waals surface area contributed by atoms with Crippen molar-refractivity contribution in [3.8, 4) is 0 Å². The maximum atomic E-state index is 12.3. The van der Waals surface area contributed by atoms with E-state index in [0.29, 0.717) is 13.0 Å². The highest BCUT2D eigenvalue weighted by atomic mass is 32.1. The second-order valence-corrected chi connectivity index (χ2v) is 7.65. The van der Waals surface area contributed by atoms with Crippen molar-refractivity contribution < 1.29 is 4.79 Å². The van der Waals surface area contributed by atoms with E-state index in [9.17, 15) is 4.79 Å². The molecule has 1 saturated carbocycles. The van der Waals surface area contributed by atoms with Crippen LogP contribution in [-0.4, -0.2) is 33.7 Å². The first-order chi connectivity index (χ1) is 11.3. The van der Waals surface area contributed by atoms with E-state index in [4.69, 9.17) is 0 Å². The van der Waals surface area contributed by atoms with Crippen molar-refractivity contribution in [1.82, 2.24) is 20.0 Å². The average molecular weight is 330 g/mol. The molecule has 1 atom stereocenters. The number of aromatic nitrogens is 2. The second-order valence-electron chi connectivity index (χ2n) is 6.62. The minimum absolute atomic E-state index is 0.109. The zero-order valence-electron chi connectivity index (χ0n) is 13.1. The second kappa shape index (κ2) is 6.45. The highest BCUT2D eigenvalue weighted by Gasteiger charge is 2.31. The van der Waals surface area contributed by atoms with Crippen LogP contribution >= 0.6 is 11.3 Å². The zero-order valence-corrected chi connectivity index (χ0v) is 14.0. The van der Waals surface area contributed by atoms with Gasteiger partial charge >= 0.3 is 0 Å². The topological polar surface area (TPSA) is 50.2 Å². The lowest BCUT2D eigenvalue weighted by atomic mass is 10.1. The van der Waals surface area contributed by atoms with Gasteiger partial charge in [0.2, 0.25) is 5.91 Å². The number of hydrogen-bond acceptors (Lipinski definition) is 4. The first-order valence-corrected chi connectivity index (χ1v) is 9.20. The fourth-order valence-electron chi connectivity index (χ4n) is 3.31. The Morgan fingerprint density at radius 1 is 1.39 bits per heavy atom. The molecule has 122 valence electrons. The molecule has 6 heteroatoms. The molecule has 0 aromatic carbocycles. The first kappa shape index (κ1) is 14.9. The van der Waals surface area contributed by atoms with Gasteiger partial charge in [-0.2, -0.15) is 5.10 Å². The van der Waals surface area contributed by atoms with Gasteiger partial charge in [0.1, 0.15) is 0 Å². The number of hydrogen-bond donors (Lipinski definition) is 1. The molecule has 2 aliphatic rings. The number of nitrogens with zero attached hydrogens (tertiary/aromatic N) is 3. The van der Waals surface area contributed by atoms with Crippen molar-refractivity contribution in [2.75, 3.05) is 13.1 Å². The molecule has 23 heavy (non-hydrogen) atoms. The summed E-state index contributed by atoms with van der Waals surface area (Å²) in [6, 6.07) is 6.29. The summed E-state index contributed by atoms with van der Waals surface area (Å²) in [5.74, 6) is 0.982. The molecule has 1 aliphatic heterocycles. The smallest absolute Gasteiger partial charge is 0.222 e. The zero-order chi connectivity index (χ0) is 15.6. The average Bonchev–Trinajstić information content (AvgIpc) is 3.03. The van der Waals surface area contributed by atoms with E-state index in [1.165, 1.54) is 30.0 Å². The summed E-state index contributed by atoms with van der Waals surface area (Å²) in [5.41, 5.74) is 1.23. The van der Waals surface area contributed by atoms with Gasteiger partial charge in [0.25, 0.3) is 0 Å². The molecular formula is C17H22N4OS. The molecular weight excluding hydrogens is 308 g/mol.